The van der Waals surface area contributed by atoms with Crippen LogP contribution in [0.2, 0.25) is 5.02 Å². The van der Waals surface area contributed by atoms with Crippen LogP contribution in [0.4, 0.5) is 0 Å². The molecule has 1 atom stereocenters. The Morgan fingerprint density at radius 1 is 1.40 bits per heavy atom. The molecular formula is C10H11ClO3S. The first-order chi connectivity index (χ1) is 7.13. The van der Waals surface area contributed by atoms with Gasteiger partial charge in [-0.3, -0.25) is 9.00 Å². The summed E-state index contributed by atoms with van der Waals surface area (Å²) in [6.07, 6.45) is 0. The standard InChI is InChI=1S/C10H11ClO3S/c1-2-14-10(12)7-15(13)9-5-3-8(11)4-6-9/h3-6H,2,7H2,1H3/t15-/m1/s1. The molecule has 3 nitrogen and oxygen atoms in total. The van der Waals surface area contributed by atoms with Crippen molar-refractivity contribution in [1.29, 1.82) is 0 Å². The lowest BCUT2D eigenvalue weighted by atomic mass is 10.4. The second-order valence-electron chi connectivity index (χ2n) is 2.75. The minimum absolute atomic E-state index is 0.116. The van der Waals surface area contributed by atoms with Crippen LogP contribution in [-0.4, -0.2) is 22.5 Å². The summed E-state index contributed by atoms with van der Waals surface area (Å²) in [6.45, 7) is 2.01. The molecule has 0 spiro atoms. The van der Waals surface area contributed by atoms with E-state index in [4.69, 9.17) is 16.3 Å². The van der Waals surface area contributed by atoms with Gasteiger partial charge in [0, 0.05) is 9.92 Å². The largest absolute Gasteiger partial charge is 0.465 e. The van der Waals surface area contributed by atoms with Crippen molar-refractivity contribution in [3.05, 3.63) is 29.3 Å². The van der Waals surface area contributed by atoms with Gasteiger partial charge in [-0.2, -0.15) is 0 Å². The molecule has 5 heteroatoms. The molecule has 15 heavy (non-hydrogen) atoms. The highest BCUT2D eigenvalue weighted by Gasteiger charge is 2.10. The van der Waals surface area contributed by atoms with Crippen molar-refractivity contribution >= 4 is 28.4 Å². The van der Waals surface area contributed by atoms with Crippen LogP contribution in [0.5, 0.6) is 0 Å². The highest BCUT2D eigenvalue weighted by atomic mass is 35.5. The number of benzene rings is 1. The average molecular weight is 247 g/mol. The Kier molecular flexibility index (Phi) is 4.78. The zero-order valence-corrected chi connectivity index (χ0v) is 9.81. The predicted octanol–water partition coefficient (Wildman–Crippen LogP) is 2.01. The van der Waals surface area contributed by atoms with Gasteiger partial charge in [0.1, 0.15) is 5.75 Å². The summed E-state index contributed by atoms with van der Waals surface area (Å²) in [5.41, 5.74) is 0. The van der Waals surface area contributed by atoms with Gasteiger partial charge in [0.2, 0.25) is 0 Å². The van der Waals surface area contributed by atoms with Gasteiger partial charge in [-0.05, 0) is 31.2 Å². The van der Waals surface area contributed by atoms with Crippen LogP contribution in [0, 0.1) is 0 Å². The van der Waals surface area contributed by atoms with Crippen LogP contribution >= 0.6 is 11.6 Å². The minimum Gasteiger partial charge on any atom is -0.465 e. The summed E-state index contributed by atoms with van der Waals surface area (Å²) in [5.74, 6) is -0.569. The normalized spacial score (nSPS) is 12.1. The maximum atomic E-state index is 11.6. The van der Waals surface area contributed by atoms with E-state index in [9.17, 15) is 9.00 Å². The summed E-state index contributed by atoms with van der Waals surface area (Å²) < 4.78 is 16.3. The van der Waals surface area contributed by atoms with Gasteiger partial charge in [0.25, 0.3) is 0 Å². The molecule has 0 unspecified atom stereocenters. The van der Waals surface area contributed by atoms with Gasteiger partial charge < -0.3 is 4.74 Å². The quantitative estimate of drug-likeness (QED) is 0.764. The molecule has 0 saturated carbocycles. The topological polar surface area (TPSA) is 43.4 Å². The molecule has 0 bridgehead atoms. The van der Waals surface area contributed by atoms with Crippen molar-refractivity contribution in [3.8, 4) is 0 Å². The van der Waals surface area contributed by atoms with Crippen molar-refractivity contribution in [2.75, 3.05) is 12.4 Å². The number of rotatable bonds is 4. The maximum Gasteiger partial charge on any atom is 0.318 e. The zero-order chi connectivity index (χ0) is 11.3. The van der Waals surface area contributed by atoms with Crippen LogP contribution in [0.1, 0.15) is 6.92 Å². The summed E-state index contributed by atoms with van der Waals surface area (Å²) in [7, 11) is -1.36. The number of ether oxygens (including phenoxy) is 1. The van der Waals surface area contributed by atoms with E-state index in [0.717, 1.165) is 0 Å². The lowest BCUT2D eigenvalue weighted by molar-refractivity contribution is -0.139. The molecule has 1 aromatic carbocycles. The third kappa shape index (κ3) is 4.01. The SMILES string of the molecule is CCOC(=O)C[S@@](=O)c1ccc(Cl)cc1. The van der Waals surface area contributed by atoms with Gasteiger partial charge in [0.15, 0.2) is 0 Å². The molecule has 0 amide bonds. The van der Waals surface area contributed by atoms with Crippen molar-refractivity contribution in [2.45, 2.75) is 11.8 Å². The van der Waals surface area contributed by atoms with E-state index >= 15 is 0 Å². The first-order valence-electron chi connectivity index (χ1n) is 4.43. The monoisotopic (exact) mass is 246 g/mol. The second-order valence-corrected chi connectivity index (χ2v) is 4.64. The van der Waals surface area contributed by atoms with Gasteiger partial charge >= 0.3 is 5.97 Å². The number of esters is 1. The smallest absolute Gasteiger partial charge is 0.318 e. The fourth-order valence-electron chi connectivity index (χ4n) is 0.979. The fourth-order valence-corrected chi connectivity index (χ4v) is 2.01. The molecule has 0 aliphatic rings. The van der Waals surface area contributed by atoms with Gasteiger partial charge in [0.05, 0.1) is 17.4 Å². The molecule has 0 N–H and O–H groups in total. The molecule has 1 aromatic rings. The summed E-state index contributed by atoms with van der Waals surface area (Å²) >= 11 is 5.68. The molecule has 0 heterocycles. The third-order valence-electron chi connectivity index (χ3n) is 1.63. The lowest BCUT2D eigenvalue weighted by Gasteiger charge is -2.02. The summed E-state index contributed by atoms with van der Waals surface area (Å²) in [4.78, 5) is 11.6. The zero-order valence-electron chi connectivity index (χ0n) is 8.23. The maximum absolute atomic E-state index is 11.6. The van der Waals surface area contributed by atoms with Crippen molar-refractivity contribution in [1.82, 2.24) is 0 Å². The van der Waals surface area contributed by atoms with Gasteiger partial charge in [-0.15, -0.1) is 0 Å². The number of carbonyl (C=O) groups is 1. The van der Waals surface area contributed by atoms with E-state index in [1.54, 1.807) is 31.2 Å². The molecule has 0 fully saturated rings. The second kappa shape index (κ2) is 5.88. The van der Waals surface area contributed by atoms with E-state index in [1.807, 2.05) is 0 Å². The van der Waals surface area contributed by atoms with E-state index < -0.39 is 16.8 Å². The minimum atomic E-state index is -1.36. The van der Waals surface area contributed by atoms with Crippen molar-refractivity contribution < 1.29 is 13.7 Å². The number of hydrogen-bond acceptors (Lipinski definition) is 3. The molecular weight excluding hydrogens is 236 g/mol. The Labute approximate surface area is 95.8 Å². The molecule has 82 valence electrons. The highest BCUT2D eigenvalue weighted by molar-refractivity contribution is 7.85. The van der Waals surface area contributed by atoms with Crippen molar-refractivity contribution in [2.24, 2.45) is 0 Å². The molecule has 0 saturated heterocycles. The fraction of sp³-hybridized carbons (Fsp3) is 0.300. The van der Waals surface area contributed by atoms with E-state index in [0.29, 0.717) is 16.5 Å². The van der Waals surface area contributed by atoms with Crippen LogP contribution in [-0.2, 0) is 20.3 Å². The Morgan fingerprint density at radius 3 is 2.53 bits per heavy atom. The molecule has 0 aliphatic carbocycles. The first kappa shape index (κ1) is 12.2. The van der Waals surface area contributed by atoms with E-state index in [2.05, 4.69) is 0 Å². The highest BCUT2D eigenvalue weighted by Crippen LogP contribution is 2.12. The van der Waals surface area contributed by atoms with Gasteiger partial charge in [-0.25, -0.2) is 0 Å². The van der Waals surface area contributed by atoms with Crippen LogP contribution < -0.4 is 0 Å². The first-order valence-corrected chi connectivity index (χ1v) is 6.12. The summed E-state index contributed by atoms with van der Waals surface area (Å²) in [5, 5.41) is 0.576. The molecule has 0 radical (unpaired) electrons. The van der Waals surface area contributed by atoms with Gasteiger partial charge in [-0.1, -0.05) is 11.6 Å². The molecule has 1 rings (SSSR count). The Hall–Kier alpha value is -0.870. The molecule has 0 aromatic heterocycles. The third-order valence-corrected chi connectivity index (χ3v) is 3.18. The van der Waals surface area contributed by atoms with Crippen LogP contribution in [0.3, 0.4) is 0 Å². The van der Waals surface area contributed by atoms with E-state index in [-0.39, 0.29) is 5.75 Å². The van der Waals surface area contributed by atoms with Crippen LogP contribution in [0.25, 0.3) is 0 Å². The predicted molar refractivity (Wildman–Crippen MR) is 59.4 cm³/mol. The number of carbonyl (C=O) groups excluding carboxylic acids is 1. The molecule has 0 aliphatic heterocycles. The Balaban J connectivity index is 2.61. The summed E-state index contributed by atoms with van der Waals surface area (Å²) in [6, 6.07) is 6.55. The van der Waals surface area contributed by atoms with E-state index in [1.165, 1.54) is 0 Å². The van der Waals surface area contributed by atoms with Crippen molar-refractivity contribution in [3.63, 3.8) is 0 Å². The Morgan fingerprint density at radius 2 is 2.00 bits per heavy atom. The number of halogens is 1. The number of hydrogen-bond donors (Lipinski definition) is 0. The van der Waals surface area contributed by atoms with Crippen LogP contribution in [0.15, 0.2) is 29.2 Å². The lowest BCUT2D eigenvalue weighted by Crippen LogP contribution is -2.13. The average Bonchev–Trinajstić information content (AvgIpc) is 2.18. The Bertz CT molecular complexity index is 361.